The van der Waals surface area contributed by atoms with Crippen LogP contribution in [0.3, 0.4) is 0 Å². The second-order valence-corrected chi connectivity index (χ2v) is 5.31. The fraction of sp³-hybridized carbons (Fsp3) is 0.364. The summed E-state index contributed by atoms with van der Waals surface area (Å²) in [5.74, 6) is -0.0340. The Balaban J connectivity index is 2.98. The highest BCUT2D eigenvalue weighted by atomic mass is 79.9. The number of rotatable bonds is 4. The molecule has 88 valence electrons. The van der Waals surface area contributed by atoms with Crippen molar-refractivity contribution >= 4 is 49.4 Å². The maximum atomic E-state index is 12.1. The second kappa shape index (κ2) is 6.62. The first-order valence-electron chi connectivity index (χ1n) is 4.90. The molecule has 0 radical (unpaired) electrons. The Hall–Kier alpha value is -0.0600. The fourth-order valence-corrected chi connectivity index (χ4v) is 2.32. The van der Waals surface area contributed by atoms with E-state index in [-0.39, 0.29) is 5.91 Å². The van der Waals surface area contributed by atoms with Gasteiger partial charge in [-0.25, -0.2) is 0 Å². The molecule has 0 heterocycles. The minimum Gasteiger partial charge on any atom is -0.338 e. The van der Waals surface area contributed by atoms with Gasteiger partial charge in [0.2, 0.25) is 0 Å². The lowest BCUT2D eigenvalue weighted by Gasteiger charge is -2.20. The number of alkyl halides is 1. The Morgan fingerprint density at radius 1 is 1.50 bits per heavy atom. The van der Waals surface area contributed by atoms with Gasteiger partial charge in [-0.1, -0.05) is 43.5 Å². The highest BCUT2D eigenvalue weighted by Crippen LogP contribution is 2.22. The van der Waals surface area contributed by atoms with Crippen LogP contribution < -0.4 is 0 Å². The van der Waals surface area contributed by atoms with Crippen LogP contribution in [0.5, 0.6) is 0 Å². The van der Waals surface area contributed by atoms with Crippen molar-refractivity contribution in [1.82, 2.24) is 4.90 Å². The van der Waals surface area contributed by atoms with Gasteiger partial charge in [-0.05, 0) is 25.1 Å². The summed E-state index contributed by atoms with van der Waals surface area (Å²) in [6.07, 6.45) is 0. The quantitative estimate of drug-likeness (QED) is 0.736. The topological polar surface area (TPSA) is 20.3 Å². The zero-order chi connectivity index (χ0) is 12.1. The van der Waals surface area contributed by atoms with Crippen LogP contribution in [0.2, 0.25) is 5.02 Å². The first-order chi connectivity index (χ1) is 7.60. The molecule has 0 aromatic heterocycles. The van der Waals surface area contributed by atoms with Gasteiger partial charge < -0.3 is 4.90 Å². The molecule has 0 aliphatic carbocycles. The minimum atomic E-state index is -0.0340. The van der Waals surface area contributed by atoms with Gasteiger partial charge in [-0.15, -0.1) is 0 Å². The number of benzene rings is 1. The van der Waals surface area contributed by atoms with Gasteiger partial charge in [0.25, 0.3) is 5.91 Å². The van der Waals surface area contributed by atoms with E-state index in [1.165, 1.54) is 0 Å². The zero-order valence-electron chi connectivity index (χ0n) is 8.84. The van der Waals surface area contributed by atoms with Crippen LogP contribution in [-0.2, 0) is 0 Å². The molecule has 0 bridgehead atoms. The molecule has 0 saturated carbocycles. The first-order valence-corrected chi connectivity index (χ1v) is 7.19. The second-order valence-electron chi connectivity index (χ2n) is 3.20. The molecule has 16 heavy (non-hydrogen) atoms. The zero-order valence-corrected chi connectivity index (χ0v) is 12.8. The minimum absolute atomic E-state index is 0.0340. The molecule has 0 aliphatic heterocycles. The van der Waals surface area contributed by atoms with E-state index in [1.807, 2.05) is 13.0 Å². The maximum Gasteiger partial charge on any atom is 0.255 e. The van der Waals surface area contributed by atoms with Crippen LogP contribution in [0.1, 0.15) is 17.3 Å². The summed E-state index contributed by atoms with van der Waals surface area (Å²) in [5.41, 5.74) is 0.541. The molecule has 0 aliphatic rings. The van der Waals surface area contributed by atoms with Crippen molar-refractivity contribution in [1.29, 1.82) is 0 Å². The van der Waals surface area contributed by atoms with Crippen molar-refractivity contribution in [2.24, 2.45) is 0 Å². The average Bonchev–Trinajstić information content (AvgIpc) is 2.28. The molecule has 0 N–H and O–H groups in total. The molecule has 0 saturated heterocycles. The predicted octanol–water partition coefficient (Wildman–Crippen LogP) is 3.96. The van der Waals surface area contributed by atoms with E-state index in [0.29, 0.717) is 23.7 Å². The molecule has 1 aromatic rings. The average molecular weight is 369 g/mol. The molecular weight excluding hydrogens is 357 g/mol. The van der Waals surface area contributed by atoms with Crippen molar-refractivity contribution in [3.8, 4) is 0 Å². The Morgan fingerprint density at radius 3 is 2.75 bits per heavy atom. The lowest BCUT2D eigenvalue weighted by atomic mass is 10.2. The molecular formula is C11H12Br2ClNO. The van der Waals surface area contributed by atoms with E-state index in [2.05, 4.69) is 31.9 Å². The molecule has 1 amide bonds. The summed E-state index contributed by atoms with van der Waals surface area (Å²) < 4.78 is 0.857. The third-order valence-corrected chi connectivity index (χ3v) is 3.36. The van der Waals surface area contributed by atoms with Gasteiger partial charge in [0.1, 0.15) is 0 Å². The van der Waals surface area contributed by atoms with Crippen LogP contribution in [0, 0.1) is 0 Å². The van der Waals surface area contributed by atoms with E-state index in [0.717, 1.165) is 9.80 Å². The Kier molecular flexibility index (Phi) is 5.79. The standard InChI is InChI=1S/C11H12Br2ClNO/c1-2-15(6-5-12)11(16)9-7-8(13)3-4-10(9)14/h3-4,7H,2,5-6H2,1H3. The van der Waals surface area contributed by atoms with Crippen LogP contribution in [-0.4, -0.2) is 29.2 Å². The predicted molar refractivity (Wildman–Crippen MR) is 74.5 cm³/mol. The van der Waals surface area contributed by atoms with Crippen LogP contribution >= 0.6 is 43.5 Å². The third kappa shape index (κ3) is 3.47. The molecule has 1 rings (SSSR count). The van der Waals surface area contributed by atoms with Gasteiger partial charge in [-0.2, -0.15) is 0 Å². The van der Waals surface area contributed by atoms with Crippen molar-refractivity contribution in [2.75, 3.05) is 18.4 Å². The molecule has 0 spiro atoms. The highest BCUT2D eigenvalue weighted by Gasteiger charge is 2.16. The number of halogens is 3. The van der Waals surface area contributed by atoms with E-state index >= 15 is 0 Å². The molecule has 5 heteroatoms. The van der Waals surface area contributed by atoms with Gasteiger partial charge >= 0.3 is 0 Å². The van der Waals surface area contributed by atoms with Crippen LogP contribution in [0.15, 0.2) is 22.7 Å². The Labute approximate surface area is 117 Å². The van der Waals surface area contributed by atoms with Crippen molar-refractivity contribution < 1.29 is 4.79 Å². The highest BCUT2D eigenvalue weighted by molar-refractivity contribution is 9.10. The van der Waals surface area contributed by atoms with Crippen molar-refractivity contribution in [3.05, 3.63) is 33.3 Å². The smallest absolute Gasteiger partial charge is 0.255 e. The summed E-state index contributed by atoms with van der Waals surface area (Å²) in [6, 6.07) is 5.29. The maximum absolute atomic E-state index is 12.1. The molecule has 2 nitrogen and oxygen atoms in total. The van der Waals surface area contributed by atoms with Gasteiger partial charge in [-0.3, -0.25) is 4.79 Å². The fourth-order valence-electron chi connectivity index (χ4n) is 1.34. The van der Waals surface area contributed by atoms with Crippen molar-refractivity contribution in [2.45, 2.75) is 6.92 Å². The van der Waals surface area contributed by atoms with Gasteiger partial charge in [0.05, 0.1) is 10.6 Å². The molecule has 1 aromatic carbocycles. The SMILES string of the molecule is CCN(CCBr)C(=O)c1cc(Br)ccc1Cl. The summed E-state index contributed by atoms with van der Waals surface area (Å²) >= 11 is 12.7. The van der Waals surface area contributed by atoms with E-state index in [9.17, 15) is 4.79 Å². The summed E-state index contributed by atoms with van der Waals surface area (Å²) in [5, 5.41) is 1.25. The van der Waals surface area contributed by atoms with Crippen molar-refractivity contribution in [3.63, 3.8) is 0 Å². The third-order valence-electron chi connectivity index (χ3n) is 2.18. The normalized spacial score (nSPS) is 10.2. The molecule has 0 unspecified atom stereocenters. The number of hydrogen-bond acceptors (Lipinski definition) is 1. The molecule has 0 atom stereocenters. The van der Waals surface area contributed by atoms with Gasteiger partial charge in [0, 0.05) is 22.9 Å². The largest absolute Gasteiger partial charge is 0.338 e. The van der Waals surface area contributed by atoms with Gasteiger partial charge in [0.15, 0.2) is 0 Å². The van der Waals surface area contributed by atoms with E-state index < -0.39 is 0 Å². The monoisotopic (exact) mass is 367 g/mol. The van der Waals surface area contributed by atoms with Crippen LogP contribution in [0.25, 0.3) is 0 Å². The molecule has 0 fully saturated rings. The summed E-state index contributed by atoms with van der Waals surface area (Å²) in [4.78, 5) is 13.9. The number of carbonyl (C=O) groups excluding carboxylic acids is 1. The Bertz CT molecular complexity index is 384. The van der Waals surface area contributed by atoms with Crippen LogP contribution in [0.4, 0.5) is 0 Å². The number of carbonyl (C=O) groups is 1. The first kappa shape index (κ1) is 14.0. The summed E-state index contributed by atoms with van der Waals surface area (Å²) in [6.45, 7) is 3.30. The van der Waals surface area contributed by atoms with E-state index in [1.54, 1.807) is 17.0 Å². The Morgan fingerprint density at radius 2 is 2.19 bits per heavy atom. The number of nitrogens with zero attached hydrogens (tertiary/aromatic N) is 1. The number of hydrogen-bond donors (Lipinski definition) is 0. The lowest BCUT2D eigenvalue weighted by molar-refractivity contribution is 0.0775. The summed E-state index contributed by atoms with van der Waals surface area (Å²) in [7, 11) is 0. The lowest BCUT2D eigenvalue weighted by Crippen LogP contribution is -2.32. The number of amides is 1. The van der Waals surface area contributed by atoms with E-state index in [4.69, 9.17) is 11.6 Å².